The molecule has 1 unspecified atom stereocenters. The Morgan fingerprint density at radius 3 is 2.88 bits per heavy atom. The molecule has 0 fully saturated rings. The van der Waals surface area contributed by atoms with Gasteiger partial charge in [0.2, 0.25) is 0 Å². The first-order valence-corrected chi connectivity index (χ1v) is 5.93. The van der Waals surface area contributed by atoms with Crippen LogP contribution in [0.15, 0.2) is 29.8 Å². The number of thiophene rings is 1. The monoisotopic (exact) mass is 236 g/mol. The van der Waals surface area contributed by atoms with Gasteiger partial charge in [-0.1, -0.05) is 0 Å². The summed E-state index contributed by atoms with van der Waals surface area (Å²) in [6, 6.07) is 4.92. The van der Waals surface area contributed by atoms with Crippen LogP contribution >= 0.6 is 11.3 Å². The van der Waals surface area contributed by atoms with E-state index in [2.05, 4.69) is 16.4 Å². The molecule has 0 radical (unpaired) electrons. The summed E-state index contributed by atoms with van der Waals surface area (Å²) in [6.45, 7) is 2.04. The maximum Gasteiger partial charge on any atom is 0.146 e. The van der Waals surface area contributed by atoms with E-state index in [1.165, 1.54) is 10.9 Å². The van der Waals surface area contributed by atoms with Crippen LogP contribution in [0, 0.1) is 12.7 Å². The molecule has 2 aromatic rings. The van der Waals surface area contributed by atoms with Crippen molar-refractivity contribution in [2.24, 2.45) is 0 Å². The molecule has 16 heavy (non-hydrogen) atoms. The van der Waals surface area contributed by atoms with Crippen LogP contribution in [0.25, 0.3) is 0 Å². The van der Waals surface area contributed by atoms with Gasteiger partial charge in [0, 0.05) is 11.1 Å². The molecule has 0 saturated carbocycles. The van der Waals surface area contributed by atoms with Crippen molar-refractivity contribution in [2.45, 2.75) is 13.0 Å². The first-order chi connectivity index (χ1) is 7.72. The van der Waals surface area contributed by atoms with Gasteiger partial charge in [-0.2, -0.15) is 0 Å². The van der Waals surface area contributed by atoms with Crippen molar-refractivity contribution in [3.8, 4) is 0 Å². The van der Waals surface area contributed by atoms with Crippen LogP contribution in [-0.2, 0) is 0 Å². The lowest BCUT2D eigenvalue weighted by Crippen LogP contribution is -2.19. The number of aryl methyl sites for hydroxylation is 1. The number of nitrogens with zero attached hydrogens (tertiary/aromatic N) is 1. The van der Waals surface area contributed by atoms with Crippen LogP contribution in [0.3, 0.4) is 0 Å². The minimum absolute atomic E-state index is 0.175. The van der Waals surface area contributed by atoms with E-state index in [1.54, 1.807) is 23.6 Å². The van der Waals surface area contributed by atoms with E-state index in [-0.39, 0.29) is 11.9 Å². The molecule has 1 atom stereocenters. The maximum absolute atomic E-state index is 13.6. The fourth-order valence-electron chi connectivity index (χ4n) is 1.69. The summed E-state index contributed by atoms with van der Waals surface area (Å²) in [5.74, 6) is -0.272. The topological polar surface area (TPSA) is 24.9 Å². The quantitative estimate of drug-likeness (QED) is 0.886. The third-order valence-electron chi connectivity index (χ3n) is 2.43. The van der Waals surface area contributed by atoms with Crippen molar-refractivity contribution in [3.05, 3.63) is 51.7 Å². The summed E-state index contributed by atoms with van der Waals surface area (Å²) in [5, 5.41) is 5.13. The fourth-order valence-corrected chi connectivity index (χ4v) is 2.42. The van der Waals surface area contributed by atoms with E-state index in [1.807, 2.05) is 19.4 Å². The third-order valence-corrected chi connectivity index (χ3v) is 3.31. The summed E-state index contributed by atoms with van der Waals surface area (Å²) in [7, 11) is 1.81. The highest BCUT2D eigenvalue weighted by Crippen LogP contribution is 2.26. The Hall–Kier alpha value is -1.26. The Morgan fingerprint density at radius 2 is 2.31 bits per heavy atom. The van der Waals surface area contributed by atoms with Crippen LogP contribution in [0.2, 0.25) is 0 Å². The molecule has 0 amide bonds. The van der Waals surface area contributed by atoms with Gasteiger partial charge in [-0.3, -0.25) is 4.98 Å². The van der Waals surface area contributed by atoms with Gasteiger partial charge in [0.1, 0.15) is 5.82 Å². The van der Waals surface area contributed by atoms with Crippen molar-refractivity contribution in [2.75, 3.05) is 7.05 Å². The van der Waals surface area contributed by atoms with Gasteiger partial charge in [-0.15, -0.1) is 11.3 Å². The second-order valence-corrected chi connectivity index (χ2v) is 4.70. The van der Waals surface area contributed by atoms with E-state index in [0.29, 0.717) is 5.69 Å². The van der Waals surface area contributed by atoms with Crippen molar-refractivity contribution < 1.29 is 4.39 Å². The molecule has 2 heterocycles. The zero-order valence-electron chi connectivity index (χ0n) is 9.20. The molecule has 0 bridgehead atoms. The van der Waals surface area contributed by atoms with Crippen LogP contribution in [0.4, 0.5) is 4.39 Å². The maximum atomic E-state index is 13.6. The van der Waals surface area contributed by atoms with E-state index in [9.17, 15) is 4.39 Å². The van der Waals surface area contributed by atoms with Crippen molar-refractivity contribution >= 4 is 11.3 Å². The van der Waals surface area contributed by atoms with E-state index < -0.39 is 0 Å². The van der Waals surface area contributed by atoms with Crippen LogP contribution in [-0.4, -0.2) is 12.0 Å². The lowest BCUT2D eigenvalue weighted by atomic mass is 10.1. The van der Waals surface area contributed by atoms with Gasteiger partial charge in [-0.05, 0) is 43.1 Å². The zero-order valence-corrected chi connectivity index (χ0v) is 10.0. The number of hydrogen-bond donors (Lipinski definition) is 1. The number of halogens is 1. The third kappa shape index (κ3) is 2.13. The molecule has 0 saturated heterocycles. The lowest BCUT2D eigenvalue weighted by Gasteiger charge is -2.14. The molecule has 0 aliphatic carbocycles. The average Bonchev–Trinajstić information content (AvgIpc) is 2.69. The Bertz CT molecular complexity index is 481. The van der Waals surface area contributed by atoms with Gasteiger partial charge in [0.25, 0.3) is 0 Å². The SMILES string of the molecule is CNC(c1csc(C)c1)c1ncccc1F. The van der Waals surface area contributed by atoms with Crippen LogP contribution in [0.5, 0.6) is 0 Å². The molecule has 4 heteroatoms. The molecule has 2 aromatic heterocycles. The Labute approximate surface area is 98.2 Å². The summed E-state index contributed by atoms with van der Waals surface area (Å²) < 4.78 is 13.6. The van der Waals surface area contributed by atoms with Gasteiger partial charge in [0.15, 0.2) is 0 Å². The second-order valence-electron chi connectivity index (χ2n) is 3.58. The number of pyridine rings is 1. The van der Waals surface area contributed by atoms with E-state index >= 15 is 0 Å². The Morgan fingerprint density at radius 1 is 1.50 bits per heavy atom. The fraction of sp³-hybridized carbons (Fsp3) is 0.250. The van der Waals surface area contributed by atoms with E-state index in [4.69, 9.17) is 0 Å². The van der Waals surface area contributed by atoms with Crippen LogP contribution < -0.4 is 5.32 Å². The standard InChI is InChI=1S/C12H13FN2S/c1-8-6-9(7-16-8)11(14-2)12-10(13)4-3-5-15-12/h3-7,11,14H,1-2H3. The minimum atomic E-state index is -0.272. The molecule has 84 valence electrons. The van der Waals surface area contributed by atoms with Crippen LogP contribution in [0.1, 0.15) is 22.2 Å². The predicted octanol–water partition coefficient (Wildman–Crippen LogP) is 2.90. The second kappa shape index (κ2) is 4.72. The minimum Gasteiger partial charge on any atom is -0.308 e. The zero-order chi connectivity index (χ0) is 11.5. The number of aromatic nitrogens is 1. The van der Waals surface area contributed by atoms with Crippen molar-refractivity contribution in [1.82, 2.24) is 10.3 Å². The summed E-state index contributed by atoms with van der Waals surface area (Å²) in [6.07, 6.45) is 1.61. The number of nitrogens with one attached hydrogen (secondary N) is 1. The number of rotatable bonds is 3. The molecular weight excluding hydrogens is 223 g/mol. The smallest absolute Gasteiger partial charge is 0.146 e. The molecule has 0 aromatic carbocycles. The van der Waals surface area contributed by atoms with Gasteiger partial charge >= 0.3 is 0 Å². The molecule has 0 aliphatic rings. The summed E-state index contributed by atoms with van der Waals surface area (Å²) in [4.78, 5) is 5.32. The molecular formula is C12H13FN2S. The predicted molar refractivity (Wildman–Crippen MR) is 64.2 cm³/mol. The molecule has 2 nitrogen and oxygen atoms in total. The highest BCUT2D eigenvalue weighted by atomic mass is 32.1. The Kier molecular flexibility index (Phi) is 3.31. The highest BCUT2D eigenvalue weighted by molar-refractivity contribution is 7.10. The van der Waals surface area contributed by atoms with Gasteiger partial charge in [0.05, 0.1) is 11.7 Å². The average molecular weight is 236 g/mol. The normalized spacial score (nSPS) is 12.7. The number of hydrogen-bond acceptors (Lipinski definition) is 3. The molecule has 0 aliphatic heterocycles. The van der Waals surface area contributed by atoms with E-state index in [0.717, 1.165) is 5.56 Å². The Balaban J connectivity index is 2.40. The molecule has 2 rings (SSSR count). The van der Waals surface area contributed by atoms with Gasteiger partial charge < -0.3 is 5.32 Å². The highest BCUT2D eigenvalue weighted by Gasteiger charge is 2.17. The molecule has 1 N–H and O–H groups in total. The van der Waals surface area contributed by atoms with Crippen molar-refractivity contribution in [3.63, 3.8) is 0 Å². The van der Waals surface area contributed by atoms with Gasteiger partial charge in [-0.25, -0.2) is 4.39 Å². The first kappa shape index (κ1) is 11.2. The molecule has 0 spiro atoms. The van der Waals surface area contributed by atoms with Crippen molar-refractivity contribution in [1.29, 1.82) is 0 Å². The lowest BCUT2D eigenvalue weighted by molar-refractivity contribution is 0.560. The largest absolute Gasteiger partial charge is 0.308 e. The summed E-state index contributed by atoms with van der Waals surface area (Å²) in [5.41, 5.74) is 1.51. The first-order valence-electron chi connectivity index (χ1n) is 5.05. The summed E-state index contributed by atoms with van der Waals surface area (Å²) >= 11 is 1.66.